The summed E-state index contributed by atoms with van der Waals surface area (Å²) in [6.45, 7) is 4.65. The van der Waals surface area contributed by atoms with Crippen LogP contribution in [-0.2, 0) is 9.47 Å². The second-order valence-corrected chi connectivity index (χ2v) is 4.85. The first kappa shape index (κ1) is 9.44. The number of nitrogens with two attached hydrogens (primary N) is 1. The van der Waals surface area contributed by atoms with Crippen molar-refractivity contribution in [2.24, 2.45) is 5.73 Å². The lowest BCUT2D eigenvalue weighted by Crippen LogP contribution is -2.25. The molecule has 1 atom stereocenters. The minimum Gasteiger partial charge on any atom is -0.348 e. The normalized spacial score (nSPS) is 34.8. The molecule has 0 spiro atoms. The van der Waals surface area contributed by atoms with Crippen molar-refractivity contribution < 1.29 is 9.47 Å². The van der Waals surface area contributed by atoms with E-state index in [1.54, 1.807) is 0 Å². The average molecular weight is 185 g/mol. The Morgan fingerprint density at radius 1 is 1.38 bits per heavy atom. The monoisotopic (exact) mass is 185 g/mol. The first-order valence-electron chi connectivity index (χ1n) is 5.10. The minimum atomic E-state index is -0.379. The van der Waals surface area contributed by atoms with E-state index in [-0.39, 0.29) is 17.4 Å². The van der Waals surface area contributed by atoms with Crippen LogP contribution in [0.5, 0.6) is 0 Å². The molecule has 0 radical (unpaired) electrons. The Labute approximate surface area is 79.6 Å². The van der Waals surface area contributed by atoms with Gasteiger partial charge in [0, 0.05) is 5.54 Å². The summed E-state index contributed by atoms with van der Waals surface area (Å²) in [4.78, 5) is 0. The van der Waals surface area contributed by atoms with Crippen molar-refractivity contribution in [3.63, 3.8) is 0 Å². The van der Waals surface area contributed by atoms with Crippen LogP contribution in [-0.4, -0.2) is 24.0 Å². The van der Waals surface area contributed by atoms with Crippen LogP contribution in [0.2, 0.25) is 0 Å². The highest BCUT2D eigenvalue weighted by atomic mass is 16.7. The lowest BCUT2D eigenvalue weighted by atomic mass is 10.1. The van der Waals surface area contributed by atoms with Gasteiger partial charge in [0.2, 0.25) is 0 Å². The van der Waals surface area contributed by atoms with Crippen molar-refractivity contribution in [1.29, 1.82) is 0 Å². The van der Waals surface area contributed by atoms with E-state index in [4.69, 9.17) is 15.2 Å². The molecule has 1 saturated carbocycles. The fraction of sp³-hybridized carbons (Fsp3) is 1.00. The number of hydrogen-bond acceptors (Lipinski definition) is 3. The van der Waals surface area contributed by atoms with Crippen LogP contribution in [0, 0.1) is 0 Å². The maximum Gasteiger partial charge on any atom is 0.163 e. The Kier molecular flexibility index (Phi) is 2.13. The first-order chi connectivity index (χ1) is 5.99. The second-order valence-electron chi connectivity index (χ2n) is 4.85. The van der Waals surface area contributed by atoms with Crippen LogP contribution in [0.15, 0.2) is 0 Å². The molecule has 0 aromatic carbocycles. The summed E-state index contributed by atoms with van der Waals surface area (Å²) in [7, 11) is 0. The van der Waals surface area contributed by atoms with Crippen LogP contribution in [0.3, 0.4) is 0 Å². The zero-order valence-electron chi connectivity index (χ0n) is 8.51. The topological polar surface area (TPSA) is 44.5 Å². The Morgan fingerprint density at radius 2 is 2.08 bits per heavy atom. The van der Waals surface area contributed by atoms with Gasteiger partial charge in [-0.25, -0.2) is 0 Å². The fourth-order valence-corrected chi connectivity index (χ4v) is 1.76. The predicted octanol–water partition coefficient (Wildman–Crippen LogP) is 1.41. The molecule has 2 rings (SSSR count). The molecular weight excluding hydrogens is 166 g/mol. The van der Waals surface area contributed by atoms with Gasteiger partial charge in [0.15, 0.2) is 5.79 Å². The van der Waals surface area contributed by atoms with Crippen LogP contribution < -0.4 is 5.73 Å². The Hall–Kier alpha value is -0.120. The molecule has 1 heterocycles. The van der Waals surface area contributed by atoms with Crippen molar-refractivity contribution in [2.45, 2.75) is 57.0 Å². The molecule has 0 aromatic rings. The van der Waals surface area contributed by atoms with Crippen molar-refractivity contribution in [3.05, 3.63) is 0 Å². The molecule has 0 amide bonds. The van der Waals surface area contributed by atoms with Gasteiger partial charge < -0.3 is 15.2 Å². The van der Waals surface area contributed by atoms with Crippen molar-refractivity contribution in [1.82, 2.24) is 0 Å². The molecule has 0 aromatic heterocycles. The third-order valence-electron chi connectivity index (χ3n) is 2.92. The molecule has 76 valence electrons. The Bertz CT molecular complexity index is 199. The third-order valence-corrected chi connectivity index (χ3v) is 2.92. The van der Waals surface area contributed by atoms with Crippen molar-refractivity contribution in [2.75, 3.05) is 6.61 Å². The largest absolute Gasteiger partial charge is 0.348 e. The molecule has 1 saturated heterocycles. The van der Waals surface area contributed by atoms with Gasteiger partial charge in [0.25, 0.3) is 0 Å². The van der Waals surface area contributed by atoms with Gasteiger partial charge in [0.1, 0.15) is 0 Å². The van der Waals surface area contributed by atoms with Crippen LogP contribution in [0.25, 0.3) is 0 Å². The highest BCUT2D eigenvalue weighted by molar-refractivity contribution is 4.98. The highest BCUT2D eigenvalue weighted by Crippen LogP contribution is 2.38. The molecule has 3 heteroatoms. The SMILES string of the molecule is CC1(C)OCC(CCC2(N)CC2)O1. The molecule has 1 unspecified atom stereocenters. The molecule has 13 heavy (non-hydrogen) atoms. The lowest BCUT2D eigenvalue weighted by Gasteiger charge is -2.17. The van der Waals surface area contributed by atoms with E-state index in [2.05, 4.69) is 0 Å². The van der Waals surface area contributed by atoms with Crippen LogP contribution in [0.4, 0.5) is 0 Å². The molecule has 2 N–H and O–H groups in total. The van der Waals surface area contributed by atoms with E-state index in [1.165, 1.54) is 12.8 Å². The lowest BCUT2D eigenvalue weighted by molar-refractivity contribution is -0.139. The van der Waals surface area contributed by atoms with E-state index in [0.717, 1.165) is 19.4 Å². The average Bonchev–Trinajstić information content (AvgIpc) is 2.65. The number of hydrogen-bond donors (Lipinski definition) is 1. The van der Waals surface area contributed by atoms with Gasteiger partial charge in [-0.1, -0.05) is 0 Å². The summed E-state index contributed by atoms with van der Waals surface area (Å²) in [6.07, 6.45) is 4.75. The number of ether oxygens (including phenoxy) is 2. The summed E-state index contributed by atoms with van der Waals surface area (Å²) in [5.41, 5.74) is 6.14. The minimum absolute atomic E-state index is 0.149. The molecule has 2 fully saturated rings. The summed E-state index contributed by atoms with van der Waals surface area (Å²) in [6, 6.07) is 0. The smallest absolute Gasteiger partial charge is 0.163 e. The quantitative estimate of drug-likeness (QED) is 0.723. The maximum absolute atomic E-state index is 6.00. The van der Waals surface area contributed by atoms with Gasteiger partial charge in [-0.3, -0.25) is 0 Å². The van der Waals surface area contributed by atoms with Crippen LogP contribution in [0.1, 0.15) is 39.5 Å². The van der Waals surface area contributed by atoms with Gasteiger partial charge in [-0.15, -0.1) is 0 Å². The summed E-state index contributed by atoms with van der Waals surface area (Å²) < 4.78 is 11.2. The van der Waals surface area contributed by atoms with E-state index in [0.29, 0.717) is 0 Å². The van der Waals surface area contributed by atoms with Crippen molar-refractivity contribution >= 4 is 0 Å². The molecule has 0 bridgehead atoms. The highest BCUT2D eigenvalue weighted by Gasteiger charge is 2.40. The van der Waals surface area contributed by atoms with E-state index in [9.17, 15) is 0 Å². The Morgan fingerprint density at radius 3 is 2.54 bits per heavy atom. The van der Waals surface area contributed by atoms with Gasteiger partial charge in [-0.2, -0.15) is 0 Å². The predicted molar refractivity (Wildman–Crippen MR) is 50.3 cm³/mol. The molecule has 3 nitrogen and oxygen atoms in total. The fourth-order valence-electron chi connectivity index (χ4n) is 1.76. The maximum atomic E-state index is 6.00. The van der Waals surface area contributed by atoms with E-state index in [1.807, 2.05) is 13.8 Å². The molecule has 2 aliphatic rings. The summed E-state index contributed by atoms with van der Waals surface area (Å²) in [5, 5.41) is 0. The molecule has 1 aliphatic carbocycles. The van der Waals surface area contributed by atoms with E-state index >= 15 is 0 Å². The van der Waals surface area contributed by atoms with E-state index < -0.39 is 0 Å². The van der Waals surface area contributed by atoms with Crippen molar-refractivity contribution in [3.8, 4) is 0 Å². The third kappa shape index (κ3) is 2.42. The second kappa shape index (κ2) is 2.94. The zero-order valence-corrected chi connectivity index (χ0v) is 8.51. The summed E-state index contributed by atoms with van der Waals surface area (Å²) >= 11 is 0. The van der Waals surface area contributed by atoms with Gasteiger partial charge in [-0.05, 0) is 39.5 Å². The number of rotatable bonds is 3. The van der Waals surface area contributed by atoms with Crippen LogP contribution >= 0.6 is 0 Å². The van der Waals surface area contributed by atoms with Gasteiger partial charge in [0.05, 0.1) is 12.7 Å². The first-order valence-corrected chi connectivity index (χ1v) is 5.10. The zero-order chi connectivity index (χ0) is 9.53. The standard InChI is InChI=1S/C10H19NO2/c1-9(2)12-7-8(13-9)3-4-10(11)5-6-10/h8H,3-7,11H2,1-2H3. The molecule has 1 aliphatic heterocycles. The Balaban J connectivity index is 1.72. The summed E-state index contributed by atoms with van der Waals surface area (Å²) in [5.74, 6) is -0.379. The van der Waals surface area contributed by atoms with Gasteiger partial charge >= 0.3 is 0 Å². The molecular formula is C10H19NO2.